The molecule has 1 aromatic carbocycles. The number of rotatable bonds is 4. The molecule has 5 heteroatoms. The van der Waals surface area contributed by atoms with Gasteiger partial charge < -0.3 is 5.32 Å². The van der Waals surface area contributed by atoms with Gasteiger partial charge in [-0.25, -0.2) is 4.90 Å². The second kappa shape index (κ2) is 5.52. The molecule has 20 heavy (non-hydrogen) atoms. The van der Waals surface area contributed by atoms with Crippen molar-refractivity contribution in [1.29, 1.82) is 0 Å². The van der Waals surface area contributed by atoms with Crippen molar-refractivity contribution in [3.8, 4) is 0 Å². The summed E-state index contributed by atoms with van der Waals surface area (Å²) < 4.78 is 0. The first-order valence-electron chi connectivity index (χ1n) is 6.18. The summed E-state index contributed by atoms with van der Waals surface area (Å²) in [4.78, 5) is 36.0. The molecule has 1 N–H and O–H groups in total. The molecular formula is C15H14N2O3. The Morgan fingerprint density at radius 3 is 2.50 bits per heavy atom. The van der Waals surface area contributed by atoms with E-state index in [9.17, 15) is 14.4 Å². The topological polar surface area (TPSA) is 66.5 Å². The number of amides is 3. The Bertz CT molecular complexity index is 614. The molecule has 1 aliphatic rings. The van der Waals surface area contributed by atoms with Gasteiger partial charge in [-0.3, -0.25) is 14.4 Å². The van der Waals surface area contributed by atoms with Gasteiger partial charge in [-0.15, -0.1) is 0 Å². The Morgan fingerprint density at radius 2 is 1.90 bits per heavy atom. The van der Waals surface area contributed by atoms with Crippen molar-refractivity contribution in [2.24, 2.45) is 0 Å². The molecule has 3 amide bonds. The van der Waals surface area contributed by atoms with Crippen LogP contribution in [0, 0.1) is 0 Å². The molecular weight excluding hydrogens is 256 g/mol. The zero-order chi connectivity index (χ0) is 14.7. The number of benzene rings is 1. The lowest BCUT2D eigenvalue weighted by molar-refractivity contribution is -0.120. The Balaban J connectivity index is 2.21. The van der Waals surface area contributed by atoms with Gasteiger partial charge in [0.25, 0.3) is 17.7 Å². The highest BCUT2D eigenvalue weighted by Crippen LogP contribution is 2.22. The molecule has 1 aliphatic heterocycles. The van der Waals surface area contributed by atoms with Crippen molar-refractivity contribution >= 4 is 29.1 Å². The van der Waals surface area contributed by atoms with Crippen LogP contribution >= 0.6 is 0 Å². The first-order chi connectivity index (χ1) is 9.52. The van der Waals surface area contributed by atoms with Crippen LogP contribution in [0.4, 0.5) is 11.4 Å². The third-order valence-electron chi connectivity index (χ3n) is 2.92. The van der Waals surface area contributed by atoms with Gasteiger partial charge >= 0.3 is 0 Å². The lowest BCUT2D eigenvalue weighted by atomic mass is 10.2. The van der Waals surface area contributed by atoms with Gasteiger partial charge in [0.15, 0.2) is 0 Å². The van der Waals surface area contributed by atoms with E-state index >= 15 is 0 Å². The summed E-state index contributed by atoms with van der Waals surface area (Å²) in [5.74, 6) is -1.06. The molecule has 1 aromatic rings. The van der Waals surface area contributed by atoms with Gasteiger partial charge in [-0.2, -0.15) is 0 Å². The zero-order valence-corrected chi connectivity index (χ0v) is 11.1. The van der Waals surface area contributed by atoms with E-state index in [0.717, 1.165) is 4.90 Å². The first-order valence-corrected chi connectivity index (χ1v) is 6.18. The summed E-state index contributed by atoms with van der Waals surface area (Å²) in [5, 5.41) is 2.68. The average molecular weight is 270 g/mol. The van der Waals surface area contributed by atoms with Crippen molar-refractivity contribution in [2.45, 2.75) is 13.3 Å². The van der Waals surface area contributed by atoms with E-state index in [-0.39, 0.29) is 5.91 Å². The standard InChI is InChI=1S/C15H14N2O3/c1-3-10(2)15(20)16-11-5-4-6-12(9-11)17-13(18)7-8-14(17)19/h4-9H,2-3H2,1H3,(H,16,20). The lowest BCUT2D eigenvalue weighted by Gasteiger charge is -2.15. The van der Waals surface area contributed by atoms with Crippen LogP contribution in [-0.2, 0) is 14.4 Å². The molecule has 0 spiro atoms. The molecule has 0 atom stereocenters. The molecule has 5 nitrogen and oxygen atoms in total. The van der Waals surface area contributed by atoms with Crippen molar-refractivity contribution in [3.05, 3.63) is 48.6 Å². The molecule has 0 radical (unpaired) electrons. The van der Waals surface area contributed by atoms with E-state index in [4.69, 9.17) is 0 Å². The quantitative estimate of drug-likeness (QED) is 0.672. The molecule has 0 saturated heterocycles. The summed E-state index contributed by atoms with van der Waals surface area (Å²) in [6, 6.07) is 6.55. The van der Waals surface area contributed by atoms with Crippen LogP contribution in [0.5, 0.6) is 0 Å². The third kappa shape index (κ3) is 2.66. The highest BCUT2D eigenvalue weighted by Gasteiger charge is 2.25. The van der Waals surface area contributed by atoms with Crippen LogP contribution < -0.4 is 10.2 Å². The number of hydrogen-bond donors (Lipinski definition) is 1. The second-order valence-electron chi connectivity index (χ2n) is 4.31. The van der Waals surface area contributed by atoms with E-state index in [1.807, 2.05) is 6.92 Å². The Kier molecular flexibility index (Phi) is 3.79. The van der Waals surface area contributed by atoms with E-state index < -0.39 is 11.8 Å². The molecule has 0 fully saturated rings. The van der Waals surface area contributed by atoms with Crippen molar-refractivity contribution in [1.82, 2.24) is 0 Å². The summed E-state index contributed by atoms with van der Waals surface area (Å²) in [7, 11) is 0. The summed E-state index contributed by atoms with van der Waals surface area (Å²) in [6.07, 6.45) is 2.98. The maximum absolute atomic E-state index is 11.7. The molecule has 0 aliphatic carbocycles. The first kappa shape index (κ1) is 13.7. The molecule has 0 aromatic heterocycles. The Morgan fingerprint density at radius 1 is 1.25 bits per heavy atom. The lowest BCUT2D eigenvalue weighted by Crippen LogP contribution is -2.29. The van der Waals surface area contributed by atoms with Crippen LogP contribution in [0.25, 0.3) is 0 Å². The van der Waals surface area contributed by atoms with Crippen molar-refractivity contribution in [2.75, 3.05) is 10.2 Å². The van der Waals surface area contributed by atoms with E-state index in [1.54, 1.807) is 24.3 Å². The summed E-state index contributed by atoms with van der Waals surface area (Å²) in [5.41, 5.74) is 1.39. The minimum Gasteiger partial charge on any atom is -0.322 e. The van der Waals surface area contributed by atoms with E-state index in [1.165, 1.54) is 12.2 Å². The summed E-state index contributed by atoms with van der Waals surface area (Å²) in [6.45, 7) is 5.49. The normalized spacial score (nSPS) is 13.8. The average Bonchev–Trinajstić information content (AvgIpc) is 2.77. The SMILES string of the molecule is C=C(CC)C(=O)Nc1cccc(N2C(=O)C=CC2=O)c1. The van der Waals surface area contributed by atoms with Crippen molar-refractivity contribution < 1.29 is 14.4 Å². The number of carbonyl (C=O) groups is 3. The fourth-order valence-electron chi connectivity index (χ4n) is 1.76. The van der Waals surface area contributed by atoms with Crippen LogP contribution in [0.1, 0.15) is 13.3 Å². The molecule has 102 valence electrons. The van der Waals surface area contributed by atoms with Gasteiger partial charge in [-0.05, 0) is 24.6 Å². The number of carbonyl (C=O) groups excluding carboxylic acids is 3. The van der Waals surface area contributed by atoms with E-state index in [2.05, 4.69) is 11.9 Å². The monoisotopic (exact) mass is 270 g/mol. The molecule has 1 heterocycles. The number of imide groups is 1. The maximum atomic E-state index is 11.7. The minimum absolute atomic E-state index is 0.276. The number of hydrogen-bond acceptors (Lipinski definition) is 3. The Labute approximate surface area is 116 Å². The predicted molar refractivity (Wildman–Crippen MR) is 76.1 cm³/mol. The minimum atomic E-state index is -0.392. The van der Waals surface area contributed by atoms with E-state index in [0.29, 0.717) is 23.4 Å². The number of nitrogens with one attached hydrogen (secondary N) is 1. The molecule has 0 bridgehead atoms. The fraction of sp³-hybridized carbons (Fsp3) is 0.133. The van der Waals surface area contributed by atoms with Crippen LogP contribution in [0.3, 0.4) is 0 Å². The maximum Gasteiger partial charge on any atom is 0.258 e. The second-order valence-corrected chi connectivity index (χ2v) is 4.31. The van der Waals surface area contributed by atoms with Gasteiger partial charge in [0.1, 0.15) is 0 Å². The number of anilines is 2. The Hall–Kier alpha value is -2.69. The summed E-state index contributed by atoms with van der Waals surface area (Å²) >= 11 is 0. The van der Waals surface area contributed by atoms with Gasteiger partial charge in [-0.1, -0.05) is 19.6 Å². The third-order valence-corrected chi connectivity index (χ3v) is 2.92. The van der Waals surface area contributed by atoms with Gasteiger partial charge in [0, 0.05) is 23.4 Å². The molecule has 0 unspecified atom stereocenters. The fourth-order valence-corrected chi connectivity index (χ4v) is 1.76. The molecule has 2 rings (SSSR count). The largest absolute Gasteiger partial charge is 0.322 e. The van der Waals surface area contributed by atoms with Crippen LogP contribution in [-0.4, -0.2) is 17.7 Å². The number of nitrogens with zero attached hydrogens (tertiary/aromatic N) is 1. The highest BCUT2D eigenvalue weighted by atomic mass is 16.2. The van der Waals surface area contributed by atoms with Gasteiger partial charge in [0.2, 0.25) is 0 Å². The highest BCUT2D eigenvalue weighted by molar-refractivity contribution is 6.28. The van der Waals surface area contributed by atoms with Crippen LogP contribution in [0.2, 0.25) is 0 Å². The molecule has 0 saturated carbocycles. The van der Waals surface area contributed by atoms with Crippen LogP contribution in [0.15, 0.2) is 48.6 Å². The predicted octanol–water partition coefficient (Wildman–Crippen LogP) is 2.02. The smallest absolute Gasteiger partial charge is 0.258 e. The van der Waals surface area contributed by atoms with Crippen molar-refractivity contribution in [3.63, 3.8) is 0 Å². The zero-order valence-electron chi connectivity index (χ0n) is 11.1. The van der Waals surface area contributed by atoms with Gasteiger partial charge in [0.05, 0.1) is 5.69 Å².